The molecule has 24 heteroatoms. The van der Waals surface area contributed by atoms with Crippen LogP contribution in [0.3, 0.4) is 0 Å². The zero-order valence-electron chi connectivity index (χ0n) is 34.7. The fourth-order valence-corrected chi connectivity index (χ4v) is 10.2. The van der Waals surface area contributed by atoms with Gasteiger partial charge in [0, 0.05) is 48.4 Å². The Morgan fingerprint density at radius 1 is 1.00 bits per heavy atom. The van der Waals surface area contributed by atoms with Gasteiger partial charge in [0.1, 0.15) is 35.4 Å². The van der Waals surface area contributed by atoms with Crippen molar-refractivity contribution in [2.24, 2.45) is 5.92 Å². The molecule has 1 amide bonds. The van der Waals surface area contributed by atoms with Crippen LogP contribution in [0.25, 0.3) is 27.6 Å². The summed E-state index contributed by atoms with van der Waals surface area (Å²) >= 11 is 6.66. The highest BCUT2D eigenvalue weighted by Crippen LogP contribution is 2.68. The van der Waals surface area contributed by atoms with E-state index in [9.17, 15) is 44.7 Å². The fraction of sp³-hybridized carbons (Fsp3) is 0.429. The summed E-state index contributed by atoms with van der Waals surface area (Å²) < 4.78 is 148. The molecular weight excluding hydrogens is 930 g/mol. The average molecular weight is 968 g/mol. The summed E-state index contributed by atoms with van der Waals surface area (Å²) in [5.74, 6) is -13.0. The largest absolute Gasteiger partial charge is 0.394 e. The standard InChI is InChI=1S/C42H38ClF8N9O5S/c1-18-11-26(20-5-7-41(48,49)8-6-20)53-37-30(18)40(63)60(28-4-3-25(43)32-34(28)58(9-10-61)56-38(32)57-66(2,64)65)39(54-37)27(14-19-12-21(44)15-22(45)13-19)52-29(62)17-59-35-31(33(55-59)36(46)47)23-16-24(23)42(35,50)51/h3-4,11-13,15,20,23-24,27,36,61H,5-10,14,16-17H2,1-2H3,(H,52,62)(H,56,57)/t23-,24+,27-/m0/s1. The molecule has 0 aliphatic heterocycles. The monoisotopic (exact) mass is 967 g/mol. The van der Waals surface area contributed by atoms with Crippen LogP contribution in [0.1, 0.15) is 96.0 Å². The Labute approximate surface area is 374 Å². The van der Waals surface area contributed by atoms with Crippen LogP contribution in [0.2, 0.25) is 5.02 Å². The number of amides is 1. The minimum atomic E-state index is -4.03. The Morgan fingerprint density at radius 3 is 2.35 bits per heavy atom. The number of rotatable bonds is 13. The van der Waals surface area contributed by atoms with Gasteiger partial charge in [0.05, 0.1) is 52.4 Å². The first kappa shape index (κ1) is 45.5. The molecule has 3 aliphatic carbocycles. The minimum absolute atomic E-state index is 0.0432. The number of pyridine rings is 1. The number of alkyl halides is 6. The van der Waals surface area contributed by atoms with E-state index in [1.807, 2.05) is 0 Å². The summed E-state index contributed by atoms with van der Waals surface area (Å²) in [6.07, 6.45) is -3.77. The zero-order valence-corrected chi connectivity index (χ0v) is 36.3. The number of nitrogens with zero attached hydrogens (tertiary/aromatic N) is 7. The number of halogens is 9. The third-order valence-electron chi connectivity index (χ3n) is 12.3. The number of aliphatic hydroxyl groups excluding tert-OH is 1. The van der Waals surface area contributed by atoms with Crippen molar-refractivity contribution in [3.63, 3.8) is 0 Å². The number of hydrogen-bond acceptors (Lipinski definition) is 9. The van der Waals surface area contributed by atoms with Gasteiger partial charge in [-0.1, -0.05) is 11.6 Å². The first-order valence-corrected chi connectivity index (χ1v) is 22.9. The maximum atomic E-state index is 15.6. The predicted molar refractivity (Wildman–Crippen MR) is 223 cm³/mol. The van der Waals surface area contributed by atoms with Crippen LogP contribution < -0.4 is 15.6 Å². The molecule has 0 saturated heterocycles. The Hall–Kier alpha value is -5.68. The highest BCUT2D eigenvalue weighted by atomic mass is 35.5. The number of aryl methyl sites for hydroxylation is 1. The lowest BCUT2D eigenvalue weighted by Gasteiger charge is -2.28. The molecule has 6 aromatic rings. The summed E-state index contributed by atoms with van der Waals surface area (Å²) in [5, 5.41) is 20.5. The van der Waals surface area contributed by atoms with Crippen LogP contribution in [-0.2, 0) is 40.3 Å². The molecule has 0 radical (unpaired) electrons. The lowest BCUT2D eigenvalue weighted by Crippen LogP contribution is -2.38. The number of hydrogen-bond donors (Lipinski definition) is 3. The number of anilines is 1. The molecule has 0 bridgehead atoms. The van der Waals surface area contributed by atoms with Crippen LogP contribution in [0.4, 0.5) is 40.9 Å². The van der Waals surface area contributed by atoms with Gasteiger partial charge in [-0.05, 0) is 73.6 Å². The van der Waals surface area contributed by atoms with Crippen molar-refractivity contribution in [1.29, 1.82) is 0 Å². The van der Waals surface area contributed by atoms with Crippen molar-refractivity contribution in [3.8, 4) is 5.69 Å². The molecule has 3 aliphatic rings. The van der Waals surface area contributed by atoms with E-state index in [1.54, 1.807) is 13.0 Å². The van der Waals surface area contributed by atoms with E-state index in [-0.39, 0.29) is 75.4 Å². The number of fused-ring (bicyclic) bond motifs is 5. The Bertz CT molecular complexity index is 3130. The van der Waals surface area contributed by atoms with E-state index in [0.717, 1.165) is 27.6 Å². The molecule has 3 N–H and O–H groups in total. The first-order valence-electron chi connectivity index (χ1n) is 20.7. The van der Waals surface area contributed by atoms with Crippen molar-refractivity contribution in [2.45, 2.75) is 94.7 Å². The molecule has 4 heterocycles. The fourth-order valence-electron chi connectivity index (χ4n) is 9.48. The summed E-state index contributed by atoms with van der Waals surface area (Å²) in [7, 11) is -4.03. The number of aromatic nitrogens is 7. The first-order chi connectivity index (χ1) is 31.0. The summed E-state index contributed by atoms with van der Waals surface area (Å²) in [4.78, 5) is 39.0. The number of nitrogens with one attached hydrogen (secondary N) is 2. The van der Waals surface area contributed by atoms with Crippen LogP contribution in [0.15, 0.2) is 41.2 Å². The highest BCUT2D eigenvalue weighted by molar-refractivity contribution is 7.92. The Morgan fingerprint density at radius 2 is 1.70 bits per heavy atom. The Balaban J connectivity index is 1.27. The molecule has 2 saturated carbocycles. The summed E-state index contributed by atoms with van der Waals surface area (Å²) in [6.45, 7) is -0.357. The molecule has 2 aromatic carbocycles. The van der Waals surface area contributed by atoms with Gasteiger partial charge in [-0.2, -0.15) is 19.0 Å². The van der Waals surface area contributed by atoms with Gasteiger partial charge in [0.25, 0.3) is 17.9 Å². The zero-order chi connectivity index (χ0) is 47.4. The Kier molecular flexibility index (Phi) is 11.2. The van der Waals surface area contributed by atoms with Crippen molar-refractivity contribution >= 4 is 55.3 Å². The second-order valence-electron chi connectivity index (χ2n) is 17.0. The van der Waals surface area contributed by atoms with Gasteiger partial charge in [-0.3, -0.25) is 28.2 Å². The van der Waals surface area contributed by atoms with Crippen molar-refractivity contribution in [2.75, 3.05) is 17.6 Å². The maximum Gasteiger partial charge on any atom is 0.293 e. The van der Waals surface area contributed by atoms with Crippen molar-refractivity contribution in [1.82, 2.24) is 39.4 Å². The quantitative estimate of drug-likeness (QED) is 0.0991. The highest BCUT2D eigenvalue weighted by Gasteiger charge is 2.67. The topological polar surface area (TPSA) is 179 Å². The maximum absolute atomic E-state index is 15.6. The van der Waals surface area contributed by atoms with Crippen LogP contribution in [0, 0.1) is 24.5 Å². The number of carbonyl (C=O) groups excluding carboxylic acids is 1. The van der Waals surface area contributed by atoms with Crippen LogP contribution >= 0.6 is 11.6 Å². The predicted octanol–water partition coefficient (Wildman–Crippen LogP) is 7.47. The second-order valence-corrected chi connectivity index (χ2v) is 19.2. The van der Waals surface area contributed by atoms with E-state index in [1.165, 1.54) is 12.1 Å². The third kappa shape index (κ3) is 8.15. The van der Waals surface area contributed by atoms with E-state index in [0.29, 0.717) is 22.0 Å². The van der Waals surface area contributed by atoms with Crippen molar-refractivity contribution < 1.29 is 53.4 Å². The van der Waals surface area contributed by atoms with E-state index >= 15 is 13.6 Å². The van der Waals surface area contributed by atoms with E-state index in [4.69, 9.17) is 16.6 Å². The molecule has 4 aromatic heterocycles. The molecule has 0 unspecified atom stereocenters. The van der Waals surface area contributed by atoms with Gasteiger partial charge in [0.2, 0.25) is 21.9 Å². The molecular formula is C42H38ClF8N9O5S. The SMILES string of the molecule is Cc1cc(C2CCC(F)(F)CC2)nc2nc([C@H](Cc3cc(F)cc(F)c3)NC(=O)Cn3nc(C(F)F)c4c3C(F)(F)[C@@H]3C[C@H]43)n(-c3ccc(Cl)c4c(NS(C)(=O)=O)nn(CCO)c34)c(=O)c12. The van der Waals surface area contributed by atoms with Gasteiger partial charge in [-0.15, -0.1) is 0 Å². The normalized spacial score (nSPS) is 19.3. The lowest BCUT2D eigenvalue weighted by atomic mass is 9.84. The molecule has 350 valence electrons. The number of sulfonamides is 1. The number of carbonyl (C=O) groups is 1. The van der Waals surface area contributed by atoms with Gasteiger partial charge >= 0.3 is 0 Å². The minimum Gasteiger partial charge on any atom is -0.394 e. The molecule has 0 spiro atoms. The van der Waals surface area contributed by atoms with E-state index in [2.05, 4.69) is 25.2 Å². The van der Waals surface area contributed by atoms with Crippen LogP contribution in [0.5, 0.6) is 0 Å². The molecule has 3 atom stereocenters. The second kappa shape index (κ2) is 16.3. The average Bonchev–Trinajstić information content (AvgIpc) is 3.74. The molecule has 9 rings (SSSR count). The molecule has 14 nitrogen and oxygen atoms in total. The lowest BCUT2D eigenvalue weighted by molar-refractivity contribution is -0.123. The van der Waals surface area contributed by atoms with Gasteiger partial charge in [-0.25, -0.2) is 44.7 Å². The van der Waals surface area contributed by atoms with Crippen LogP contribution in [-0.4, -0.2) is 72.3 Å². The van der Waals surface area contributed by atoms with Crippen molar-refractivity contribution in [3.05, 3.63) is 103 Å². The van der Waals surface area contributed by atoms with E-state index < -0.39 is 125 Å². The third-order valence-corrected chi connectivity index (χ3v) is 13.2. The van der Waals surface area contributed by atoms with Gasteiger partial charge < -0.3 is 10.4 Å². The van der Waals surface area contributed by atoms with Gasteiger partial charge in [0.15, 0.2) is 11.5 Å². The number of benzene rings is 2. The summed E-state index contributed by atoms with van der Waals surface area (Å²) in [5.41, 5.74) is -2.85. The smallest absolute Gasteiger partial charge is 0.293 e. The molecule has 66 heavy (non-hydrogen) atoms. The summed E-state index contributed by atoms with van der Waals surface area (Å²) in [6, 6.07) is 4.96. The molecule has 2 fully saturated rings. The number of aliphatic hydroxyl groups is 1.